The summed E-state index contributed by atoms with van der Waals surface area (Å²) in [6.45, 7) is 2.34. The minimum atomic E-state index is -0.623. The first-order valence-electron chi connectivity index (χ1n) is 9.12. The minimum absolute atomic E-state index is 0.195. The van der Waals surface area contributed by atoms with Crippen molar-refractivity contribution >= 4 is 0 Å². The second kappa shape index (κ2) is 9.39. The number of aliphatic hydroxyl groups is 1. The molecule has 0 aliphatic rings. The summed E-state index contributed by atoms with van der Waals surface area (Å²) in [7, 11) is 0. The number of nitrogens with one attached hydrogen (secondary N) is 2. The summed E-state index contributed by atoms with van der Waals surface area (Å²) in [5.41, 5.74) is 16.9. The van der Waals surface area contributed by atoms with Crippen molar-refractivity contribution in [3.05, 3.63) is 90.1 Å². The third kappa shape index (κ3) is 5.21. The quantitative estimate of drug-likeness (QED) is 0.463. The summed E-state index contributed by atoms with van der Waals surface area (Å²) in [6, 6.07) is 23.5. The second-order valence-electron chi connectivity index (χ2n) is 6.62. The second-order valence-corrected chi connectivity index (χ2v) is 6.62. The maximum Gasteiger partial charge on any atom is 0.0701 e. The molecule has 5 nitrogen and oxygen atoms in total. The van der Waals surface area contributed by atoms with Gasteiger partial charge in [-0.05, 0) is 30.2 Å². The van der Waals surface area contributed by atoms with Gasteiger partial charge in [0.1, 0.15) is 0 Å². The highest BCUT2D eigenvalue weighted by molar-refractivity contribution is 5.58. The molecule has 1 aromatic heterocycles. The highest BCUT2D eigenvalue weighted by Crippen LogP contribution is 2.18. The van der Waals surface area contributed by atoms with Crippen molar-refractivity contribution < 1.29 is 5.11 Å². The lowest BCUT2D eigenvalue weighted by molar-refractivity contribution is 0.138. The Morgan fingerprint density at radius 1 is 0.963 bits per heavy atom. The average molecular weight is 362 g/mol. The molecule has 0 bridgehead atoms. The van der Waals surface area contributed by atoms with Crippen molar-refractivity contribution in [1.29, 1.82) is 0 Å². The van der Waals surface area contributed by atoms with Crippen LogP contribution in [0.1, 0.15) is 24.1 Å². The van der Waals surface area contributed by atoms with E-state index in [0.29, 0.717) is 6.54 Å². The van der Waals surface area contributed by atoms with Crippen molar-refractivity contribution in [2.45, 2.75) is 31.7 Å². The van der Waals surface area contributed by atoms with Crippen molar-refractivity contribution in [2.75, 3.05) is 0 Å². The first-order valence-corrected chi connectivity index (χ1v) is 9.12. The third-order valence-electron chi connectivity index (χ3n) is 4.57. The number of aromatic nitrogens is 1. The zero-order valence-corrected chi connectivity index (χ0v) is 15.4. The Morgan fingerprint density at radius 3 is 2.30 bits per heavy atom. The average Bonchev–Trinajstić information content (AvgIpc) is 2.72. The topological polar surface area (TPSA) is 83.2 Å². The van der Waals surface area contributed by atoms with E-state index in [2.05, 4.69) is 40.1 Å². The molecule has 140 valence electrons. The minimum Gasteiger partial charge on any atom is -0.392 e. The van der Waals surface area contributed by atoms with Crippen LogP contribution in [0, 0.1) is 0 Å². The zero-order chi connectivity index (χ0) is 19.1. The molecule has 27 heavy (non-hydrogen) atoms. The van der Waals surface area contributed by atoms with E-state index in [1.165, 1.54) is 0 Å². The first kappa shape index (κ1) is 19.2. The van der Waals surface area contributed by atoms with Crippen molar-refractivity contribution in [3.63, 3.8) is 0 Å². The molecule has 3 aromatic rings. The normalized spacial score (nSPS) is 14.5. The zero-order valence-electron chi connectivity index (χ0n) is 15.4. The highest BCUT2D eigenvalue weighted by atomic mass is 16.3. The van der Waals surface area contributed by atoms with Crippen LogP contribution >= 0.6 is 0 Å². The number of nitrogens with zero attached hydrogens (tertiary/aromatic N) is 1. The molecule has 0 amide bonds. The molecule has 1 heterocycles. The summed E-state index contributed by atoms with van der Waals surface area (Å²) in [6.07, 6.45) is 1.17. The number of hydrogen-bond donors (Lipinski definition) is 4. The molecule has 3 atom stereocenters. The molecule has 0 aliphatic carbocycles. The summed E-state index contributed by atoms with van der Waals surface area (Å²) < 4.78 is 0. The van der Waals surface area contributed by atoms with Gasteiger partial charge in [-0.25, -0.2) is 5.43 Å². The maximum atomic E-state index is 9.91. The predicted octanol–water partition coefficient (Wildman–Crippen LogP) is 2.79. The summed E-state index contributed by atoms with van der Waals surface area (Å²) in [4.78, 5) is 4.37. The monoisotopic (exact) mass is 362 g/mol. The van der Waals surface area contributed by atoms with Crippen LogP contribution in [-0.2, 0) is 6.54 Å². The first-order chi connectivity index (χ1) is 13.1. The van der Waals surface area contributed by atoms with Crippen LogP contribution in [0.25, 0.3) is 11.3 Å². The largest absolute Gasteiger partial charge is 0.392 e. The van der Waals surface area contributed by atoms with Gasteiger partial charge in [0, 0.05) is 18.3 Å². The van der Waals surface area contributed by atoms with E-state index in [1.807, 2.05) is 48.5 Å². The Labute approximate surface area is 160 Å². The standard InChI is InChI=1S/C22H26N4O/c1-16(27)21(23)22(19-7-3-2-4-8-19)26-25-15-17-10-12-18(13-11-17)20-9-5-6-14-24-20/h2-14,16,21-22,25-27H,15,23H2,1H3/t16-,21+,22?/m0/s1. The number of pyridine rings is 1. The fourth-order valence-electron chi connectivity index (χ4n) is 2.93. The molecule has 5 N–H and O–H groups in total. The molecule has 0 fully saturated rings. The van der Waals surface area contributed by atoms with E-state index < -0.39 is 12.1 Å². The van der Waals surface area contributed by atoms with E-state index in [9.17, 15) is 5.11 Å². The summed E-state index contributed by atoms with van der Waals surface area (Å²) in [5.74, 6) is 0. The van der Waals surface area contributed by atoms with Crippen LogP contribution in [-0.4, -0.2) is 22.2 Å². The van der Waals surface area contributed by atoms with Crippen molar-refractivity contribution in [1.82, 2.24) is 15.8 Å². The summed E-state index contributed by atoms with van der Waals surface area (Å²) >= 11 is 0. The van der Waals surface area contributed by atoms with Gasteiger partial charge in [0.25, 0.3) is 0 Å². The number of benzene rings is 2. The van der Waals surface area contributed by atoms with Crippen LogP contribution < -0.4 is 16.6 Å². The smallest absolute Gasteiger partial charge is 0.0701 e. The molecule has 2 aromatic carbocycles. The Kier molecular flexibility index (Phi) is 6.68. The predicted molar refractivity (Wildman–Crippen MR) is 108 cm³/mol. The highest BCUT2D eigenvalue weighted by Gasteiger charge is 2.23. The van der Waals surface area contributed by atoms with Gasteiger partial charge < -0.3 is 10.8 Å². The van der Waals surface area contributed by atoms with Gasteiger partial charge in [-0.3, -0.25) is 10.4 Å². The van der Waals surface area contributed by atoms with Gasteiger partial charge >= 0.3 is 0 Å². The Morgan fingerprint density at radius 2 is 1.67 bits per heavy atom. The molecule has 0 aliphatic heterocycles. The lowest BCUT2D eigenvalue weighted by Crippen LogP contribution is -2.48. The lowest BCUT2D eigenvalue weighted by Gasteiger charge is -2.28. The molecule has 0 saturated carbocycles. The van der Waals surface area contributed by atoms with E-state index in [4.69, 9.17) is 5.73 Å². The number of nitrogens with two attached hydrogens (primary N) is 1. The van der Waals surface area contributed by atoms with E-state index in [1.54, 1.807) is 13.1 Å². The number of hydrogen-bond acceptors (Lipinski definition) is 5. The van der Waals surface area contributed by atoms with Gasteiger partial charge in [0.2, 0.25) is 0 Å². The van der Waals surface area contributed by atoms with Gasteiger partial charge in [0.15, 0.2) is 0 Å². The fraction of sp³-hybridized carbons (Fsp3) is 0.227. The Balaban J connectivity index is 1.61. The van der Waals surface area contributed by atoms with Crippen LogP contribution in [0.2, 0.25) is 0 Å². The number of aliphatic hydroxyl groups excluding tert-OH is 1. The molecule has 0 saturated heterocycles. The van der Waals surface area contributed by atoms with Crippen LogP contribution in [0.3, 0.4) is 0 Å². The summed E-state index contributed by atoms with van der Waals surface area (Å²) in [5, 5.41) is 9.91. The molecule has 3 rings (SSSR count). The van der Waals surface area contributed by atoms with Crippen LogP contribution in [0.5, 0.6) is 0 Å². The number of rotatable bonds is 8. The third-order valence-corrected chi connectivity index (χ3v) is 4.57. The fourth-order valence-corrected chi connectivity index (χ4v) is 2.93. The Hall–Kier alpha value is -2.57. The van der Waals surface area contributed by atoms with Gasteiger partial charge in [-0.15, -0.1) is 0 Å². The number of hydrazine groups is 1. The molecular formula is C22H26N4O. The van der Waals surface area contributed by atoms with Crippen molar-refractivity contribution in [3.8, 4) is 11.3 Å². The lowest BCUT2D eigenvalue weighted by atomic mass is 9.97. The van der Waals surface area contributed by atoms with E-state index in [-0.39, 0.29) is 6.04 Å². The van der Waals surface area contributed by atoms with E-state index in [0.717, 1.165) is 22.4 Å². The van der Waals surface area contributed by atoms with Crippen LogP contribution in [0.4, 0.5) is 0 Å². The van der Waals surface area contributed by atoms with Crippen LogP contribution in [0.15, 0.2) is 79.0 Å². The maximum absolute atomic E-state index is 9.91. The molecule has 1 unspecified atom stereocenters. The molecule has 5 heteroatoms. The van der Waals surface area contributed by atoms with Gasteiger partial charge in [-0.1, -0.05) is 60.7 Å². The SMILES string of the molecule is C[C@H](O)[C@@H](N)C(NNCc1ccc(-c2ccccn2)cc1)c1ccccc1. The van der Waals surface area contributed by atoms with Crippen molar-refractivity contribution in [2.24, 2.45) is 5.73 Å². The molecule has 0 spiro atoms. The molecule has 0 radical (unpaired) electrons. The van der Waals surface area contributed by atoms with Gasteiger partial charge in [-0.2, -0.15) is 0 Å². The molecular weight excluding hydrogens is 336 g/mol. The Bertz CT molecular complexity index is 807. The van der Waals surface area contributed by atoms with Gasteiger partial charge in [0.05, 0.1) is 23.9 Å². The van der Waals surface area contributed by atoms with E-state index >= 15 is 0 Å².